The topological polar surface area (TPSA) is 20.2 Å². The lowest BCUT2D eigenvalue weighted by Crippen LogP contribution is -1.78. The van der Waals surface area contributed by atoms with E-state index in [4.69, 9.17) is 0 Å². The number of hydrogen-bond donors (Lipinski definition) is 2. The fraction of sp³-hybridized carbons (Fsp3) is 0.111. The molecule has 2 rings (SSSR count). The predicted octanol–water partition coefficient (Wildman–Crippen LogP) is 3.79. The molecule has 0 atom stereocenters. The minimum atomic E-state index is 0.343. The number of hydrogen-bond acceptors (Lipinski definition) is 3. The molecule has 0 radical (unpaired) electrons. The Balaban J connectivity index is 2.82. The summed E-state index contributed by atoms with van der Waals surface area (Å²) < 4.78 is 2.14. The lowest BCUT2D eigenvalue weighted by Gasteiger charge is -2.01. The molecule has 1 heterocycles. The first-order chi connectivity index (χ1) is 6.22. The van der Waals surface area contributed by atoms with Crippen molar-refractivity contribution < 1.29 is 5.11 Å². The second-order valence-corrected chi connectivity index (χ2v) is 5.12. The van der Waals surface area contributed by atoms with Gasteiger partial charge >= 0.3 is 0 Å². The first-order valence-corrected chi connectivity index (χ1v) is 6.10. The van der Waals surface area contributed by atoms with Gasteiger partial charge in [0.2, 0.25) is 0 Å². The summed E-state index contributed by atoms with van der Waals surface area (Å²) in [5.74, 6) is 0.343. The van der Waals surface area contributed by atoms with Crippen LogP contribution in [0, 0.1) is 0 Å². The van der Waals surface area contributed by atoms with Crippen LogP contribution in [0.15, 0.2) is 22.4 Å². The molecule has 1 N–H and O–H groups in total. The minimum Gasteiger partial charge on any atom is -0.508 e. The summed E-state index contributed by atoms with van der Waals surface area (Å²) in [4.78, 5) is 0. The zero-order valence-electron chi connectivity index (χ0n) is 6.62. The normalized spacial score (nSPS) is 10.9. The van der Waals surface area contributed by atoms with Crippen molar-refractivity contribution in [3.63, 3.8) is 0 Å². The highest BCUT2D eigenvalue weighted by atomic mass is 79.9. The van der Waals surface area contributed by atoms with Gasteiger partial charge < -0.3 is 5.11 Å². The second kappa shape index (κ2) is 3.52. The first kappa shape index (κ1) is 9.37. The third-order valence-corrected chi connectivity index (χ3v) is 3.77. The van der Waals surface area contributed by atoms with Crippen LogP contribution in [0.3, 0.4) is 0 Å². The van der Waals surface area contributed by atoms with Gasteiger partial charge in [-0.05, 0) is 18.2 Å². The van der Waals surface area contributed by atoms with E-state index >= 15 is 0 Å². The van der Waals surface area contributed by atoms with Crippen molar-refractivity contribution in [3.8, 4) is 5.75 Å². The van der Waals surface area contributed by atoms with Crippen LogP contribution in [0.5, 0.6) is 5.75 Å². The third kappa shape index (κ3) is 1.58. The molecule has 0 aliphatic rings. The van der Waals surface area contributed by atoms with E-state index < -0.39 is 0 Å². The zero-order valence-corrected chi connectivity index (χ0v) is 9.92. The maximum Gasteiger partial charge on any atom is 0.120 e. The Bertz CT molecular complexity index is 450. The van der Waals surface area contributed by atoms with Gasteiger partial charge in [-0.15, -0.1) is 24.0 Å². The van der Waals surface area contributed by atoms with E-state index in [-0.39, 0.29) is 0 Å². The highest BCUT2D eigenvalue weighted by Gasteiger charge is 2.07. The van der Waals surface area contributed by atoms with Crippen LogP contribution in [0.1, 0.15) is 5.56 Å². The van der Waals surface area contributed by atoms with Crippen molar-refractivity contribution >= 4 is 50.0 Å². The van der Waals surface area contributed by atoms with Crippen LogP contribution in [0.25, 0.3) is 10.1 Å². The predicted molar refractivity (Wildman–Crippen MR) is 63.4 cm³/mol. The Morgan fingerprint density at radius 3 is 2.92 bits per heavy atom. The third-order valence-electron chi connectivity index (χ3n) is 1.91. The number of aromatic hydroxyl groups is 1. The van der Waals surface area contributed by atoms with Crippen molar-refractivity contribution in [2.45, 2.75) is 9.54 Å². The van der Waals surface area contributed by atoms with Gasteiger partial charge in [0, 0.05) is 21.0 Å². The molecule has 0 aliphatic carbocycles. The lowest BCUT2D eigenvalue weighted by molar-refractivity contribution is 0.472. The van der Waals surface area contributed by atoms with Crippen molar-refractivity contribution in [2.24, 2.45) is 0 Å². The smallest absolute Gasteiger partial charge is 0.120 e. The van der Waals surface area contributed by atoms with Gasteiger partial charge in [-0.1, -0.05) is 15.9 Å². The number of rotatable bonds is 1. The summed E-state index contributed by atoms with van der Waals surface area (Å²) in [7, 11) is 0. The highest BCUT2D eigenvalue weighted by molar-refractivity contribution is 9.08. The van der Waals surface area contributed by atoms with Crippen LogP contribution < -0.4 is 0 Å². The van der Waals surface area contributed by atoms with Gasteiger partial charge in [0.15, 0.2) is 0 Å². The number of benzene rings is 1. The van der Waals surface area contributed by atoms with Gasteiger partial charge in [0.1, 0.15) is 5.75 Å². The molecule has 0 unspecified atom stereocenters. The number of halogens is 1. The molecule has 68 valence electrons. The van der Waals surface area contributed by atoms with Crippen LogP contribution in [0.2, 0.25) is 0 Å². The average molecular weight is 275 g/mol. The molecule has 0 saturated carbocycles. The number of alkyl halides is 1. The van der Waals surface area contributed by atoms with E-state index in [0.29, 0.717) is 11.1 Å². The highest BCUT2D eigenvalue weighted by Crippen LogP contribution is 2.35. The fourth-order valence-electron chi connectivity index (χ4n) is 1.28. The number of phenols is 1. The molecule has 0 fully saturated rings. The molecule has 0 bridgehead atoms. The molecule has 2 aromatic rings. The Kier molecular flexibility index (Phi) is 2.53. The van der Waals surface area contributed by atoms with E-state index in [0.717, 1.165) is 19.9 Å². The molecule has 4 heteroatoms. The monoisotopic (exact) mass is 274 g/mol. The molecule has 0 aliphatic heterocycles. The molecule has 0 amide bonds. The fourth-order valence-corrected chi connectivity index (χ4v) is 3.13. The Labute approximate surface area is 93.9 Å². The maximum atomic E-state index is 9.57. The van der Waals surface area contributed by atoms with Crippen LogP contribution in [-0.2, 0) is 5.33 Å². The minimum absolute atomic E-state index is 0.343. The standard InChI is InChI=1S/C9H7BrOS2/c10-4-6-5-3-9(12)13-8(5)2-1-7(6)11/h1-3,11-12H,4H2. The van der Waals surface area contributed by atoms with E-state index in [1.165, 1.54) is 0 Å². The quantitative estimate of drug-likeness (QED) is 0.599. The average Bonchev–Trinajstić information content (AvgIpc) is 2.45. The summed E-state index contributed by atoms with van der Waals surface area (Å²) in [6.45, 7) is 0. The van der Waals surface area contributed by atoms with Gasteiger partial charge in [0.25, 0.3) is 0 Å². The molecule has 0 spiro atoms. The molecule has 13 heavy (non-hydrogen) atoms. The van der Waals surface area contributed by atoms with Crippen LogP contribution >= 0.6 is 39.9 Å². The van der Waals surface area contributed by atoms with E-state index in [9.17, 15) is 5.11 Å². The number of phenolic OH excluding ortho intramolecular Hbond substituents is 1. The second-order valence-electron chi connectivity index (χ2n) is 2.69. The SMILES string of the molecule is Oc1ccc2sc(S)cc2c1CBr. The number of fused-ring (bicyclic) bond motifs is 1. The summed E-state index contributed by atoms with van der Waals surface area (Å²) in [5, 5.41) is 11.3. The van der Waals surface area contributed by atoms with Crippen molar-refractivity contribution in [1.29, 1.82) is 0 Å². The van der Waals surface area contributed by atoms with E-state index in [2.05, 4.69) is 28.6 Å². The molecule has 0 saturated heterocycles. The lowest BCUT2D eigenvalue weighted by atomic mass is 10.1. The molecule has 1 aromatic heterocycles. The Morgan fingerprint density at radius 1 is 1.46 bits per heavy atom. The zero-order chi connectivity index (χ0) is 9.42. The largest absolute Gasteiger partial charge is 0.508 e. The molecular formula is C9H7BrOS2. The summed E-state index contributed by atoms with van der Waals surface area (Å²) >= 11 is 9.27. The van der Waals surface area contributed by atoms with Gasteiger partial charge in [-0.3, -0.25) is 0 Å². The van der Waals surface area contributed by atoms with E-state index in [1.807, 2.05) is 12.1 Å². The number of thiophene rings is 1. The van der Waals surface area contributed by atoms with Crippen LogP contribution in [0.4, 0.5) is 0 Å². The van der Waals surface area contributed by atoms with Gasteiger partial charge in [-0.25, -0.2) is 0 Å². The maximum absolute atomic E-state index is 9.57. The summed E-state index contributed by atoms with van der Waals surface area (Å²) in [5.41, 5.74) is 0.939. The van der Waals surface area contributed by atoms with Gasteiger partial charge in [0.05, 0.1) is 4.21 Å². The van der Waals surface area contributed by atoms with Gasteiger partial charge in [-0.2, -0.15) is 0 Å². The van der Waals surface area contributed by atoms with Crippen LogP contribution in [-0.4, -0.2) is 5.11 Å². The first-order valence-electron chi connectivity index (χ1n) is 3.71. The number of thiol groups is 1. The van der Waals surface area contributed by atoms with E-state index in [1.54, 1.807) is 17.4 Å². The summed E-state index contributed by atoms with van der Waals surface area (Å²) in [6, 6.07) is 5.63. The summed E-state index contributed by atoms with van der Waals surface area (Å²) in [6.07, 6.45) is 0. The molecular weight excluding hydrogens is 268 g/mol. The molecule has 1 aromatic carbocycles. The van der Waals surface area contributed by atoms with Crippen molar-refractivity contribution in [2.75, 3.05) is 0 Å². The van der Waals surface area contributed by atoms with Crippen molar-refractivity contribution in [3.05, 3.63) is 23.8 Å². The Hall–Kier alpha value is -0.190. The Morgan fingerprint density at radius 2 is 2.23 bits per heavy atom. The van der Waals surface area contributed by atoms with Crippen molar-refractivity contribution in [1.82, 2.24) is 0 Å². The molecule has 1 nitrogen and oxygen atoms in total.